The molecule has 0 spiro atoms. The summed E-state index contributed by atoms with van der Waals surface area (Å²) in [5.74, 6) is 1.54. The Bertz CT molecular complexity index is 486. The maximum atomic E-state index is 10.9. The maximum Gasteiger partial charge on any atom is 0.316 e. The molecule has 5 nitrogen and oxygen atoms in total. The number of hydrogen-bond acceptors (Lipinski definition) is 3. The lowest BCUT2D eigenvalue weighted by Gasteiger charge is -2.15. The maximum absolute atomic E-state index is 10.9. The van der Waals surface area contributed by atoms with E-state index < -0.39 is 6.03 Å². The van der Waals surface area contributed by atoms with E-state index >= 15 is 0 Å². The minimum absolute atomic E-state index is 0. The van der Waals surface area contributed by atoms with Crippen molar-refractivity contribution in [2.75, 3.05) is 25.0 Å². The molecular weight excluding hydrogens is 334 g/mol. The highest BCUT2D eigenvalue weighted by molar-refractivity contribution is 8.93. The van der Waals surface area contributed by atoms with E-state index in [-0.39, 0.29) is 22.7 Å². The van der Waals surface area contributed by atoms with E-state index in [0.29, 0.717) is 5.69 Å². The van der Waals surface area contributed by atoms with Crippen molar-refractivity contribution in [1.82, 2.24) is 4.90 Å². The molecule has 1 aliphatic heterocycles. The molecule has 0 aromatic heterocycles. The van der Waals surface area contributed by atoms with Crippen LogP contribution in [0.15, 0.2) is 18.2 Å². The number of amides is 2. The predicted octanol–water partition coefficient (Wildman–Crippen LogP) is 2.59. The number of phenolic OH excluding ortho intramolecular Hbond substituents is 1. The Morgan fingerprint density at radius 1 is 1.38 bits per heavy atom. The van der Waals surface area contributed by atoms with Crippen molar-refractivity contribution in [2.45, 2.75) is 20.3 Å². The highest BCUT2D eigenvalue weighted by Crippen LogP contribution is 2.25. The van der Waals surface area contributed by atoms with E-state index in [1.54, 1.807) is 12.1 Å². The van der Waals surface area contributed by atoms with Gasteiger partial charge in [0.15, 0.2) is 0 Å². The summed E-state index contributed by atoms with van der Waals surface area (Å²) in [5, 5.41) is 12.1. The minimum atomic E-state index is -0.667. The molecule has 0 aliphatic carbocycles. The monoisotopic (exact) mass is 357 g/mol. The van der Waals surface area contributed by atoms with Gasteiger partial charge in [0.25, 0.3) is 0 Å². The van der Waals surface area contributed by atoms with Crippen LogP contribution in [0.1, 0.15) is 19.4 Å². The Balaban J connectivity index is 0.00000220. The number of nitrogens with one attached hydrogen (secondary N) is 1. The number of hydrogen-bond donors (Lipinski definition) is 3. The number of carbonyl (C=O) groups is 1. The van der Waals surface area contributed by atoms with Gasteiger partial charge < -0.3 is 21.1 Å². The summed E-state index contributed by atoms with van der Waals surface area (Å²) in [6.45, 7) is 7.87. The molecule has 6 heteroatoms. The van der Waals surface area contributed by atoms with Gasteiger partial charge in [0, 0.05) is 19.6 Å². The average molecular weight is 358 g/mol. The van der Waals surface area contributed by atoms with E-state index in [1.807, 2.05) is 6.07 Å². The second-order valence-corrected chi connectivity index (χ2v) is 5.80. The van der Waals surface area contributed by atoms with Gasteiger partial charge in [-0.2, -0.15) is 0 Å². The molecule has 1 aliphatic rings. The van der Waals surface area contributed by atoms with Crippen molar-refractivity contribution < 1.29 is 9.90 Å². The zero-order valence-corrected chi connectivity index (χ0v) is 14.2. The van der Waals surface area contributed by atoms with E-state index in [4.69, 9.17) is 5.73 Å². The fourth-order valence-electron chi connectivity index (χ4n) is 2.69. The molecule has 118 valence electrons. The van der Waals surface area contributed by atoms with Gasteiger partial charge in [0.2, 0.25) is 0 Å². The van der Waals surface area contributed by atoms with Crippen molar-refractivity contribution in [3.05, 3.63) is 23.8 Å². The molecule has 2 amide bonds. The molecule has 1 aromatic carbocycles. The zero-order chi connectivity index (χ0) is 14.7. The third kappa shape index (κ3) is 4.89. The first kappa shape index (κ1) is 17.8. The normalized spacial score (nSPS) is 21.8. The first-order valence-corrected chi connectivity index (χ1v) is 7.06. The number of phenols is 1. The third-order valence-electron chi connectivity index (χ3n) is 4.10. The van der Waals surface area contributed by atoms with Gasteiger partial charge in [0.05, 0.1) is 5.69 Å². The van der Waals surface area contributed by atoms with Gasteiger partial charge in [-0.1, -0.05) is 19.9 Å². The number of primary amides is 1. The standard InChI is InChI=1S/C15H23N3O2.BrH/c1-10-8-18(9-11(10)2)6-5-12-3-4-14(19)13(7-12)17-15(16)20;/h3-4,7,10-11,19H,5-6,8-9H2,1-2H3,(H3,16,17,20);1H. The Hall–Kier alpha value is -1.27. The van der Waals surface area contributed by atoms with Crippen molar-refractivity contribution in [3.63, 3.8) is 0 Å². The molecule has 2 unspecified atom stereocenters. The van der Waals surface area contributed by atoms with Crippen LogP contribution in [0.25, 0.3) is 0 Å². The van der Waals surface area contributed by atoms with Gasteiger partial charge in [-0.3, -0.25) is 0 Å². The number of nitrogens with zero attached hydrogens (tertiary/aromatic N) is 1. The van der Waals surface area contributed by atoms with Gasteiger partial charge >= 0.3 is 6.03 Å². The highest BCUT2D eigenvalue weighted by atomic mass is 79.9. The number of aromatic hydroxyl groups is 1. The summed E-state index contributed by atoms with van der Waals surface area (Å²) in [5.41, 5.74) is 6.53. The smallest absolute Gasteiger partial charge is 0.316 e. The molecule has 0 radical (unpaired) electrons. The number of nitrogens with two attached hydrogens (primary N) is 1. The molecule has 1 heterocycles. The largest absolute Gasteiger partial charge is 0.506 e. The van der Waals surface area contributed by atoms with Crippen LogP contribution in [0.3, 0.4) is 0 Å². The Morgan fingerprint density at radius 3 is 2.57 bits per heavy atom. The first-order chi connectivity index (χ1) is 9.45. The molecule has 1 aromatic rings. The van der Waals surface area contributed by atoms with Crippen molar-refractivity contribution >= 4 is 28.7 Å². The SMILES string of the molecule is Br.CC1CN(CCc2ccc(O)c(NC(N)=O)c2)CC1C. The van der Waals surface area contributed by atoms with E-state index in [2.05, 4.69) is 24.1 Å². The van der Waals surface area contributed by atoms with Crippen molar-refractivity contribution in [3.8, 4) is 5.75 Å². The molecule has 1 saturated heterocycles. The Labute approximate surface area is 136 Å². The Kier molecular flexibility index (Phi) is 6.48. The van der Waals surface area contributed by atoms with Crippen LogP contribution in [0.5, 0.6) is 5.75 Å². The number of benzene rings is 1. The molecule has 1 fully saturated rings. The quantitative estimate of drug-likeness (QED) is 0.724. The molecule has 4 N–H and O–H groups in total. The summed E-state index contributed by atoms with van der Waals surface area (Å²) < 4.78 is 0. The van der Waals surface area contributed by atoms with Gasteiger partial charge in [-0.25, -0.2) is 4.79 Å². The van der Waals surface area contributed by atoms with Gasteiger partial charge in [-0.05, 0) is 36.0 Å². The molecule has 2 rings (SSSR count). The lowest BCUT2D eigenvalue weighted by Crippen LogP contribution is -2.23. The Morgan fingerprint density at radius 2 is 2.00 bits per heavy atom. The van der Waals surface area contributed by atoms with Crippen LogP contribution < -0.4 is 11.1 Å². The van der Waals surface area contributed by atoms with Crippen LogP contribution >= 0.6 is 17.0 Å². The number of anilines is 1. The lowest BCUT2D eigenvalue weighted by atomic mass is 10.0. The fraction of sp³-hybridized carbons (Fsp3) is 0.533. The second-order valence-electron chi connectivity index (χ2n) is 5.80. The fourth-order valence-corrected chi connectivity index (χ4v) is 2.69. The summed E-state index contributed by atoms with van der Waals surface area (Å²) in [6, 6.07) is 4.59. The molecular formula is C15H24BrN3O2. The zero-order valence-electron chi connectivity index (χ0n) is 12.5. The number of carbonyl (C=O) groups excluding carboxylic acids is 1. The van der Waals surface area contributed by atoms with Crippen molar-refractivity contribution in [2.24, 2.45) is 17.6 Å². The van der Waals surface area contributed by atoms with E-state index in [1.165, 1.54) is 0 Å². The highest BCUT2D eigenvalue weighted by Gasteiger charge is 2.25. The molecule has 0 saturated carbocycles. The first-order valence-electron chi connectivity index (χ1n) is 7.06. The van der Waals surface area contributed by atoms with Crippen LogP contribution in [-0.2, 0) is 6.42 Å². The number of likely N-dealkylation sites (tertiary alicyclic amines) is 1. The van der Waals surface area contributed by atoms with Crippen LogP contribution in [0.2, 0.25) is 0 Å². The number of halogens is 1. The molecule has 2 atom stereocenters. The summed E-state index contributed by atoms with van der Waals surface area (Å²) in [4.78, 5) is 13.3. The number of rotatable bonds is 4. The topological polar surface area (TPSA) is 78.6 Å². The summed E-state index contributed by atoms with van der Waals surface area (Å²) in [6.07, 6.45) is 0.896. The van der Waals surface area contributed by atoms with E-state index in [0.717, 1.165) is 43.5 Å². The lowest BCUT2D eigenvalue weighted by molar-refractivity contribution is 0.259. The second kappa shape index (κ2) is 7.66. The van der Waals surface area contributed by atoms with Crippen LogP contribution in [0.4, 0.5) is 10.5 Å². The van der Waals surface area contributed by atoms with Crippen molar-refractivity contribution in [1.29, 1.82) is 0 Å². The average Bonchev–Trinajstić information content (AvgIpc) is 2.69. The molecule has 21 heavy (non-hydrogen) atoms. The third-order valence-corrected chi connectivity index (χ3v) is 4.10. The van der Waals surface area contributed by atoms with Gasteiger partial charge in [-0.15, -0.1) is 17.0 Å². The summed E-state index contributed by atoms with van der Waals surface area (Å²) in [7, 11) is 0. The summed E-state index contributed by atoms with van der Waals surface area (Å²) >= 11 is 0. The number of urea groups is 1. The van der Waals surface area contributed by atoms with E-state index in [9.17, 15) is 9.90 Å². The predicted molar refractivity (Wildman–Crippen MR) is 90.1 cm³/mol. The van der Waals surface area contributed by atoms with Crippen LogP contribution in [0, 0.1) is 11.8 Å². The molecule has 0 bridgehead atoms. The van der Waals surface area contributed by atoms with Gasteiger partial charge in [0.1, 0.15) is 5.75 Å². The van der Waals surface area contributed by atoms with Crippen LogP contribution in [-0.4, -0.2) is 35.7 Å². The minimum Gasteiger partial charge on any atom is -0.506 e.